The molecule has 0 aliphatic heterocycles. The number of amides is 1. The first kappa shape index (κ1) is 25.4. The summed E-state index contributed by atoms with van der Waals surface area (Å²) in [5.41, 5.74) is 8.33. The summed E-state index contributed by atoms with van der Waals surface area (Å²) in [5, 5.41) is 7.01. The largest absolute Gasteiger partial charge is 0.329 e. The number of rotatable bonds is 7. The lowest BCUT2D eigenvalue weighted by molar-refractivity contribution is -0.115. The van der Waals surface area contributed by atoms with Crippen molar-refractivity contribution in [2.24, 2.45) is 12.8 Å². The van der Waals surface area contributed by atoms with Crippen molar-refractivity contribution in [2.75, 3.05) is 18.4 Å². The molecular formula is C16H25Cl2N5O3S. The van der Waals surface area contributed by atoms with E-state index in [1.165, 1.54) is 12.1 Å². The van der Waals surface area contributed by atoms with E-state index in [1.54, 1.807) is 16.8 Å². The molecule has 0 radical (unpaired) electrons. The molecule has 2 rings (SSSR count). The second kappa shape index (κ2) is 10.6. The van der Waals surface area contributed by atoms with Crippen molar-refractivity contribution < 1.29 is 13.2 Å². The Morgan fingerprint density at radius 2 is 1.93 bits per heavy atom. The van der Waals surface area contributed by atoms with Crippen LogP contribution in [0, 0.1) is 13.8 Å². The summed E-state index contributed by atoms with van der Waals surface area (Å²) in [4.78, 5) is 12.4. The van der Waals surface area contributed by atoms with Crippen LogP contribution in [0.3, 0.4) is 0 Å². The lowest BCUT2D eigenvalue weighted by Gasteiger charge is -2.09. The average molecular weight is 438 g/mol. The van der Waals surface area contributed by atoms with E-state index in [4.69, 9.17) is 5.73 Å². The fourth-order valence-corrected chi connectivity index (χ4v) is 3.55. The van der Waals surface area contributed by atoms with E-state index in [0.717, 1.165) is 17.0 Å². The third kappa shape index (κ3) is 6.47. The lowest BCUT2D eigenvalue weighted by atomic mass is 10.1. The van der Waals surface area contributed by atoms with Gasteiger partial charge < -0.3 is 11.1 Å². The molecule has 0 aliphatic carbocycles. The van der Waals surface area contributed by atoms with E-state index < -0.39 is 10.0 Å². The number of nitrogens with zero attached hydrogens (tertiary/aromatic N) is 2. The number of aryl methyl sites for hydroxylation is 2. The summed E-state index contributed by atoms with van der Waals surface area (Å²) < 4.78 is 28.4. The first-order chi connectivity index (χ1) is 11.7. The van der Waals surface area contributed by atoms with Gasteiger partial charge in [-0.3, -0.25) is 9.48 Å². The van der Waals surface area contributed by atoms with Gasteiger partial charge in [-0.25, -0.2) is 13.1 Å². The molecule has 1 heterocycles. The molecule has 152 valence electrons. The van der Waals surface area contributed by atoms with Crippen LogP contribution >= 0.6 is 24.8 Å². The molecule has 11 heteroatoms. The second-order valence-corrected chi connectivity index (χ2v) is 7.48. The smallest absolute Gasteiger partial charge is 0.240 e. The third-order valence-electron chi connectivity index (χ3n) is 3.86. The van der Waals surface area contributed by atoms with E-state index in [-0.39, 0.29) is 55.1 Å². The van der Waals surface area contributed by atoms with Crippen LogP contribution < -0.4 is 15.8 Å². The Bertz CT molecular complexity index is 884. The zero-order chi connectivity index (χ0) is 18.6. The molecule has 27 heavy (non-hydrogen) atoms. The van der Waals surface area contributed by atoms with Crippen LogP contribution in [0.15, 0.2) is 29.2 Å². The molecule has 1 amide bonds. The van der Waals surface area contributed by atoms with Gasteiger partial charge in [0.25, 0.3) is 0 Å². The number of carbonyl (C=O) groups is 1. The maximum absolute atomic E-state index is 12.3. The summed E-state index contributed by atoms with van der Waals surface area (Å²) >= 11 is 0. The quantitative estimate of drug-likeness (QED) is 0.602. The lowest BCUT2D eigenvalue weighted by Crippen LogP contribution is -2.29. The Hall–Kier alpha value is -1.65. The number of hydrogen-bond donors (Lipinski definition) is 3. The molecule has 0 aliphatic rings. The van der Waals surface area contributed by atoms with Gasteiger partial charge in [0.2, 0.25) is 15.9 Å². The molecule has 0 bridgehead atoms. The standard InChI is InChI=1S/C16H23N5O3S.2ClH/c1-11-15(12(2)21(3)20-11)10-16(22)19-13-5-4-6-14(9-13)25(23,24)18-8-7-17;;/h4-6,9,18H,7-8,10,17H2,1-3H3,(H,19,22);2*1H. The molecule has 0 fully saturated rings. The SMILES string of the molecule is Cc1nn(C)c(C)c1CC(=O)Nc1cccc(S(=O)(=O)NCCN)c1.Cl.Cl. The van der Waals surface area contributed by atoms with E-state index in [0.29, 0.717) is 5.69 Å². The van der Waals surface area contributed by atoms with E-state index >= 15 is 0 Å². The molecule has 0 saturated heterocycles. The predicted molar refractivity (Wildman–Crippen MR) is 110 cm³/mol. The van der Waals surface area contributed by atoms with Crippen molar-refractivity contribution in [1.29, 1.82) is 0 Å². The van der Waals surface area contributed by atoms with Crippen molar-refractivity contribution in [1.82, 2.24) is 14.5 Å². The molecule has 0 saturated carbocycles. The molecule has 1 aromatic carbocycles. The molecule has 0 atom stereocenters. The summed E-state index contributed by atoms with van der Waals surface area (Å²) in [6.07, 6.45) is 0.175. The summed E-state index contributed by atoms with van der Waals surface area (Å²) in [5.74, 6) is -0.233. The number of halogens is 2. The summed E-state index contributed by atoms with van der Waals surface area (Å²) in [6, 6.07) is 6.10. The minimum Gasteiger partial charge on any atom is -0.329 e. The van der Waals surface area contributed by atoms with E-state index in [2.05, 4.69) is 15.1 Å². The fraction of sp³-hybridized carbons (Fsp3) is 0.375. The monoisotopic (exact) mass is 437 g/mol. The average Bonchev–Trinajstić information content (AvgIpc) is 2.79. The highest BCUT2D eigenvalue weighted by atomic mass is 35.5. The minimum atomic E-state index is -3.64. The van der Waals surface area contributed by atoms with Gasteiger partial charge >= 0.3 is 0 Å². The molecule has 0 unspecified atom stereocenters. The molecule has 4 N–H and O–H groups in total. The fourth-order valence-electron chi connectivity index (χ4n) is 2.46. The molecule has 1 aromatic heterocycles. The van der Waals surface area contributed by atoms with Gasteiger partial charge in [0.05, 0.1) is 17.0 Å². The number of anilines is 1. The minimum absolute atomic E-state index is 0. The van der Waals surface area contributed by atoms with Gasteiger partial charge in [-0.1, -0.05) is 6.07 Å². The maximum atomic E-state index is 12.3. The van der Waals surface area contributed by atoms with Crippen molar-refractivity contribution in [3.63, 3.8) is 0 Å². The zero-order valence-electron chi connectivity index (χ0n) is 15.4. The molecule has 8 nitrogen and oxygen atoms in total. The van der Waals surface area contributed by atoms with Gasteiger partial charge in [-0.05, 0) is 32.0 Å². The van der Waals surface area contributed by atoms with Crippen LogP contribution in [0.5, 0.6) is 0 Å². The Kier molecular flexibility index (Phi) is 9.97. The molecule has 0 spiro atoms. The van der Waals surface area contributed by atoms with Crippen molar-refractivity contribution in [3.8, 4) is 0 Å². The predicted octanol–water partition coefficient (Wildman–Crippen LogP) is 1.30. The highest BCUT2D eigenvalue weighted by molar-refractivity contribution is 7.89. The molecular weight excluding hydrogens is 413 g/mol. The van der Waals surface area contributed by atoms with Gasteiger partial charge in [0, 0.05) is 37.1 Å². The van der Waals surface area contributed by atoms with Crippen LogP contribution in [0.1, 0.15) is 17.0 Å². The number of sulfonamides is 1. The summed E-state index contributed by atoms with van der Waals surface area (Å²) in [6.45, 7) is 4.11. The first-order valence-electron chi connectivity index (χ1n) is 7.83. The third-order valence-corrected chi connectivity index (χ3v) is 5.32. The van der Waals surface area contributed by atoms with Crippen LogP contribution in [0.2, 0.25) is 0 Å². The summed E-state index contributed by atoms with van der Waals surface area (Å²) in [7, 11) is -1.82. The van der Waals surface area contributed by atoms with Crippen LogP contribution in [-0.2, 0) is 28.3 Å². The van der Waals surface area contributed by atoms with Crippen molar-refractivity contribution in [2.45, 2.75) is 25.2 Å². The molecule has 2 aromatic rings. The van der Waals surface area contributed by atoms with Crippen LogP contribution in [0.25, 0.3) is 0 Å². The van der Waals surface area contributed by atoms with Crippen LogP contribution in [0.4, 0.5) is 5.69 Å². The highest BCUT2D eigenvalue weighted by Crippen LogP contribution is 2.17. The Balaban J connectivity index is 0.00000338. The number of aromatic nitrogens is 2. The number of hydrogen-bond acceptors (Lipinski definition) is 5. The van der Waals surface area contributed by atoms with Gasteiger partial charge in [-0.15, -0.1) is 24.8 Å². The second-order valence-electron chi connectivity index (χ2n) is 5.71. The number of nitrogens with two attached hydrogens (primary N) is 1. The Morgan fingerprint density at radius 1 is 1.26 bits per heavy atom. The van der Waals surface area contributed by atoms with E-state index in [9.17, 15) is 13.2 Å². The maximum Gasteiger partial charge on any atom is 0.240 e. The van der Waals surface area contributed by atoms with Gasteiger partial charge in [-0.2, -0.15) is 5.10 Å². The zero-order valence-corrected chi connectivity index (χ0v) is 17.8. The van der Waals surface area contributed by atoms with Crippen molar-refractivity contribution >= 4 is 46.4 Å². The first-order valence-corrected chi connectivity index (χ1v) is 9.31. The Labute approximate surface area is 171 Å². The van der Waals surface area contributed by atoms with Gasteiger partial charge in [0.15, 0.2) is 0 Å². The van der Waals surface area contributed by atoms with Crippen molar-refractivity contribution in [3.05, 3.63) is 41.2 Å². The van der Waals surface area contributed by atoms with Crippen LogP contribution in [-0.4, -0.2) is 37.2 Å². The Morgan fingerprint density at radius 3 is 2.48 bits per heavy atom. The topological polar surface area (TPSA) is 119 Å². The number of carbonyl (C=O) groups excluding carboxylic acids is 1. The van der Waals surface area contributed by atoms with Gasteiger partial charge in [0.1, 0.15) is 0 Å². The van der Waals surface area contributed by atoms with E-state index in [1.807, 2.05) is 20.9 Å². The number of nitrogens with one attached hydrogen (secondary N) is 2. The highest BCUT2D eigenvalue weighted by Gasteiger charge is 2.16. The normalized spacial score (nSPS) is 10.7. The number of benzene rings is 1.